The zero-order valence-electron chi connectivity index (χ0n) is 12.1. The molecule has 1 rings (SSSR count). The Bertz CT molecular complexity index is 433. The van der Waals surface area contributed by atoms with Crippen LogP contribution in [0.5, 0.6) is 0 Å². The number of nitrogens with two attached hydrogens (primary N) is 1. The van der Waals surface area contributed by atoms with Gasteiger partial charge in [0, 0.05) is 13.6 Å². The van der Waals surface area contributed by atoms with Gasteiger partial charge in [-0.2, -0.15) is 0 Å². The van der Waals surface area contributed by atoms with Gasteiger partial charge in [-0.25, -0.2) is 9.78 Å². The van der Waals surface area contributed by atoms with Crippen LogP contribution in [0.1, 0.15) is 37.6 Å². The summed E-state index contributed by atoms with van der Waals surface area (Å²) < 4.78 is 5.04. The van der Waals surface area contributed by atoms with Crippen molar-refractivity contribution in [3.05, 3.63) is 17.8 Å². The maximum absolute atomic E-state index is 11.9. The van der Waals surface area contributed by atoms with E-state index in [4.69, 9.17) is 10.5 Å². The molecule has 0 bridgehead atoms. The van der Waals surface area contributed by atoms with Gasteiger partial charge in [0.1, 0.15) is 11.4 Å². The lowest BCUT2D eigenvalue weighted by atomic mass is 10.1. The van der Waals surface area contributed by atoms with E-state index >= 15 is 0 Å². The van der Waals surface area contributed by atoms with E-state index in [0.29, 0.717) is 29.6 Å². The van der Waals surface area contributed by atoms with Crippen molar-refractivity contribution in [3.8, 4) is 0 Å². The molecule has 1 heterocycles. The molecule has 1 aromatic heterocycles. The molecule has 19 heavy (non-hydrogen) atoms. The van der Waals surface area contributed by atoms with Crippen LogP contribution in [-0.4, -0.2) is 31.2 Å². The normalized spacial score (nSPS) is 10.6. The lowest BCUT2D eigenvalue weighted by Gasteiger charge is -2.21. The minimum Gasteiger partial charge on any atom is -0.462 e. The van der Waals surface area contributed by atoms with E-state index in [1.807, 2.05) is 11.9 Å². The van der Waals surface area contributed by atoms with Crippen molar-refractivity contribution < 1.29 is 9.53 Å². The lowest BCUT2D eigenvalue weighted by Crippen LogP contribution is -2.24. The van der Waals surface area contributed by atoms with Crippen molar-refractivity contribution >= 4 is 17.5 Å². The molecule has 1 aromatic rings. The molecular formula is C14H23N3O2. The fourth-order valence-corrected chi connectivity index (χ4v) is 1.69. The van der Waals surface area contributed by atoms with Gasteiger partial charge in [-0.05, 0) is 25.3 Å². The molecule has 0 amide bonds. The van der Waals surface area contributed by atoms with E-state index < -0.39 is 0 Å². The Kier molecular flexibility index (Phi) is 5.60. The predicted molar refractivity (Wildman–Crippen MR) is 77.3 cm³/mol. The Balaban J connectivity index is 2.95. The van der Waals surface area contributed by atoms with Gasteiger partial charge in [0.2, 0.25) is 0 Å². The first-order chi connectivity index (χ1) is 8.95. The molecule has 0 spiro atoms. The van der Waals surface area contributed by atoms with Crippen molar-refractivity contribution in [2.75, 3.05) is 30.8 Å². The first kappa shape index (κ1) is 15.3. The number of hydrogen-bond donors (Lipinski definition) is 1. The lowest BCUT2D eigenvalue weighted by molar-refractivity contribution is 0.0526. The van der Waals surface area contributed by atoms with Crippen molar-refractivity contribution in [2.24, 2.45) is 5.92 Å². The molecule has 0 aliphatic carbocycles. The number of hydrogen-bond acceptors (Lipinski definition) is 5. The molecule has 0 fully saturated rings. The first-order valence-electron chi connectivity index (χ1n) is 6.59. The molecule has 0 radical (unpaired) electrons. The molecule has 0 aromatic carbocycles. The summed E-state index contributed by atoms with van der Waals surface area (Å²) in [6, 6.07) is 1.62. The van der Waals surface area contributed by atoms with Gasteiger partial charge in [-0.1, -0.05) is 13.8 Å². The quantitative estimate of drug-likeness (QED) is 0.799. The van der Waals surface area contributed by atoms with Crippen LogP contribution in [0.15, 0.2) is 12.3 Å². The van der Waals surface area contributed by atoms with E-state index in [1.54, 1.807) is 19.2 Å². The number of esters is 1. The second-order valence-corrected chi connectivity index (χ2v) is 4.96. The highest BCUT2D eigenvalue weighted by Crippen LogP contribution is 2.20. The maximum Gasteiger partial charge on any atom is 0.341 e. The van der Waals surface area contributed by atoms with E-state index in [0.717, 1.165) is 13.0 Å². The Labute approximate surface area is 114 Å². The smallest absolute Gasteiger partial charge is 0.341 e. The standard InChI is InChI=1S/C14H23N3O2/c1-5-19-14(18)12-8-11(15)9-16-13(12)17(4)7-6-10(2)3/h8-10H,5-7,15H2,1-4H3. The van der Waals surface area contributed by atoms with Crippen LogP contribution < -0.4 is 10.6 Å². The highest BCUT2D eigenvalue weighted by molar-refractivity contribution is 5.95. The average Bonchev–Trinajstić information content (AvgIpc) is 2.36. The summed E-state index contributed by atoms with van der Waals surface area (Å²) >= 11 is 0. The van der Waals surface area contributed by atoms with Crippen LogP contribution in [0.25, 0.3) is 0 Å². The Morgan fingerprint density at radius 2 is 2.21 bits per heavy atom. The van der Waals surface area contributed by atoms with Gasteiger partial charge in [-0.3, -0.25) is 0 Å². The van der Waals surface area contributed by atoms with E-state index in [-0.39, 0.29) is 5.97 Å². The maximum atomic E-state index is 11.9. The number of carbonyl (C=O) groups excluding carboxylic acids is 1. The summed E-state index contributed by atoms with van der Waals surface area (Å²) in [5.41, 5.74) is 6.58. The van der Waals surface area contributed by atoms with Crippen molar-refractivity contribution in [2.45, 2.75) is 27.2 Å². The molecule has 106 valence electrons. The molecule has 2 N–H and O–H groups in total. The molecule has 0 unspecified atom stereocenters. The predicted octanol–water partition coefficient (Wildman–Crippen LogP) is 2.32. The third-order valence-electron chi connectivity index (χ3n) is 2.79. The number of carbonyl (C=O) groups is 1. The fraction of sp³-hybridized carbons (Fsp3) is 0.571. The SMILES string of the molecule is CCOC(=O)c1cc(N)cnc1N(C)CCC(C)C. The largest absolute Gasteiger partial charge is 0.462 e. The molecule has 0 saturated carbocycles. The number of nitrogen functional groups attached to an aromatic ring is 1. The molecule has 0 atom stereocenters. The van der Waals surface area contributed by atoms with E-state index in [2.05, 4.69) is 18.8 Å². The summed E-state index contributed by atoms with van der Waals surface area (Å²) in [5.74, 6) is 0.837. The first-order valence-corrected chi connectivity index (χ1v) is 6.59. The summed E-state index contributed by atoms with van der Waals surface area (Å²) in [5, 5.41) is 0. The van der Waals surface area contributed by atoms with Crippen molar-refractivity contribution in [1.82, 2.24) is 4.98 Å². The highest BCUT2D eigenvalue weighted by atomic mass is 16.5. The summed E-state index contributed by atoms with van der Waals surface area (Å²) in [6.07, 6.45) is 2.59. The number of nitrogens with zero attached hydrogens (tertiary/aromatic N) is 2. The zero-order chi connectivity index (χ0) is 14.4. The highest BCUT2D eigenvalue weighted by Gasteiger charge is 2.17. The third-order valence-corrected chi connectivity index (χ3v) is 2.79. The topological polar surface area (TPSA) is 68.5 Å². The monoisotopic (exact) mass is 265 g/mol. The van der Waals surface area contributed by atoms with Crippen LogP contribution in [0.3, 0.4) is 0 Å². The number of anilines is 2. The summed E-state index contributed by atoms with van der Waals surface area (Å²) in [7, 11) is 1.92. The van der Waals surface area contributed by atoms with Crippen LogP contribution in [-0.2, 0) is 4.74 Å². The van der Waals surface area contributed by atoms with Gasteiger partial charge >= 0.3 is 5.97 Å². The minimum atomic E-state index is -0.381. The van der Waals surface area contributed by atoms with Crippen molar-refractivity contribution in [3.63, 3.8) is 0 Å². The fourth-order valence-electron chi connectivity index (χ4n) is 1.69. The summed E-state index contributed by atoms with van der Waals surface area (Å²) in [6.45, 7) is 7.27. The Hall–Kier alpha value is -1.78. The molecule has 5 heteroatoms. The number of aromatic nitrogens is 1. The van der Waals surface area contributed by atoms with Crippen LogP contribution in [0.4, 0.5) is 11.5 Å². The number of pyridine rings is 1. The number of ether oxygens (including phenoxy) is 1. The third kappa shape index (κ3) is 4.43. The molecule has 0 aliphatic rings. The minimum absolute atomic E-state index is 0.336. The Morgan fingerprint density at radius 3 is 2.79 bits per heavy atom. The Morgan fingerprint density at radius 1 is 1.53 bits per heavy atom. The van der Waals surface area contributed by atoms with Gasteiger partial charge in [-0.15, -0.1) is 0 Å². The molecular weight excluding hydrogens is 242 g/mol. The molecule has 5 nitrogen and oxygen atoms in total. The second kappa shape index (κ2) is 6.97. The number of rotatable bonds is 6. The van der Waals surface area contributed by atoms with Crippen LogP contribution >= 0.6 is 0 Å². The van der Waals surface area contributed by atoms with Crippen LogP contribution in [0, 0.1) is 5.92 Å². The average molecular weight is 265 g/mol. The molecule has 0 saturated heterocycles. The van der Waals surface area contributed by atoms with Gasteiger partial charge in [0.15, 0.2) is 0 Å². The van der Waals surface area contributed by atoms with Gasteiger partial charge in [0.05, 0.1) is 18.5 Å². The van der Waals surface area contributed by atoms with E-state index in [1.165, 1.54) is 0 Å². The molecule has 0 aliphatic heterocycles. The van der Waals surface area contributed by atoms with Crippen LogP contribution in [0.2, 0.25) is 0 Å². The summed E-state index contributed by atoms with van der Waals surface area (Å²) in [4.78, 5) is 18.1. The van der Waals surface area contributed by atoms with Gasteiger partial charge in [0.25, 0.3) is 0 Å². The van der Waals surface area contributed by atoms with Gasteiger partial charge < -0.3 is 15.4 Å². The zero-order valence-corrected chi connectivity index (χ0v) is 12.1. The van der Waals surface area contributed by atoms with E-state index in [9.17, 15) is 4.79 Å². The second-order valence-electron chi connectivity index (χ2n) is 4.96. The van der Waals surface area contributed by atoms with Crippen molar-refractivity contribution in [1.29, 1.82) is 0 Å².